The van der Waals surface area contributed by atoms with Gasteiger partial charge in [0.1, 0.15) is 0 Å². The van der Waals surface area contributed by atoms with Crippen LogP contribution in [0.3, 0.4) is 0 Å². The highest BCUT2D eigenvalue weighted by atomic mass is 15.2. The lowest BCUT2D eigenvalue weighted by Crippen LogP contribution is -2.34. The molecular formula is C16H28N4. The standard InChI is InChI=1S/C16H28N4/c1-3-5-14-6-9-20(10-7-14)16-18-12-15(13-19-16)11-17-8-4-2/h12-14,17H,3-11H2,1-2H3. The van der Waals surface area contributed by atoms with Crippen LogP contribution in [0, 0.1) is 5.92 Å². The number of hydrogen-bond acceptors (Lipinski definition) is 4. The number of aromatic nitrogens is 2. The van der Waals surface area contributed by atoms with E-state index in [1.807, 2.05) is 12.4 Å². The molecule has 4 heteroatoms. The summed E-state index contributed by atoms with van der Waals surface area (Å²) >= 11 is 0. The summed E-state index contributed by atoms with van der Waals surface area (Å²) in [5, 5.41) is 3.38. The van der Waals surface area contributed by atoms with Crippen molar-refractivity contribution >= 4 is 5.95 Å². The smallest absolute Gasteiger partial charge is 0.225 e. The highest BCUT2D eigenvalue weighted by Crippen LogP contribution is 2.23. The Hall–Kier alpha value is -1.16. The lowest BCUT2D eigenvalue weighted by molar-refractivity contribution is 0.376. The first-order valence-corrected chi connectivity index (χ1v) is 8.10. The zero-order chi connectivity index (χ0) is 14.2. The summed E-state index contributed by atoms with van der Waals surface area (Å²) in [6, 6.07) is 0. The molecule has 2 heterocycles. The number of nitrogens with one attached hydrogen (secondary N) is 1. The molecule has 1 aromatic heterocycles. The normalized spacial score (nSPS) is 16.6. The van der Waals surface area contributed by atoms with Gasteiger partial charge in [0.25, 0.3) is 0 Å². The van der Waals surface area contributed by atoms with Crippen molar-refractivity contribution in [1.29, 1.82) is 0 Å². The van der Waals surface area contributed by atoms with E-state index in [0.717, 1.165) is 44.5 Å². The van der Waals surface area contributed by atoms with E-state index in [2.05, 4.69) is 34.0 Å². The van der Waals surface area contributed by atoms with E-state index < -0.39 is 0 Å². The molecule has 0 unspecified atom stereocenters. The number of nitrogens with zero attached hydrogens (tertiary/aromatic N) is 3. The molecule has 1 aromatic rings. The van der Waals surface area contributed by atoms with Crippen molar-refractivity contribution in [2.24, 2.45) is 5.92 Å². The second-order valence-corrected chi connectivity index (χ2v) is 5.79. The van der Waals surface area contributed by atoms with Gasteiger partial charge >= 0.3 is 0 Å². The van der Waals surface area contributed by atoms with Gasteiger partial charge in [0.15, 0.2) is 0 Å². The maximum Gasteiger partial charge on any atom is 0.225 e. The minimum absolute atomic E-state index is 0.868. The van der Waals surface area contributed by atoms with Crippen molar-refractivity contribution in [3.8, 4) is 0 Å². The van der Waals surface area contributed by atoms with Gasteiger partial charge in [-0.15, -0.1) is 0 Å². The average molecular weight is 276 g/mol. The third-order valence-electron chi connectivity index (χ3n) is 4.04. The van der Waals surface area contributed by atoms with Gasteiger partial charge in [-0.05, 0) is 31.7 Å². The number of rotatable bonds is 7. The summed E-state index contributed by atoms with van der Waals surface area (Å²) in [5.74, 6) is 1.81. The van der Waals surface area contributed by atoms with Gasteiger partial charge in [-0.3, -0.25) is 0 Å². The number of piperidine rings is 1. The van der Waals surface area contributed by atoms with E-state index in [0.29, 0.717) is 0 Å². The van der Waals surface area contributed by atoms with Gasteiger partial charge < -0.3 is 10.2 Å². The molecule has 1 N–H and O–H groups in total. The first-order valence-electron chi connectivity index (χ1n) is 8.10. The molecule has 0 atom stereocenters. The van der Waals surface area contributed by atoms with Crippen LogP contribution in [0.5, 0.6) is 0 Å². The first kappa shape index (κ1) is 15.2. The fourth-order valence-electron chi connectivity index (χ4n) is 2.84. The Labute approximate surface area is 123 Å². The van der Waals surface area contributed by atoms with E-state index in [9.17, 15) is 0 Å². The Morgan fingerprint density at radius 3 is 2.45 bits per heavy atom. The molecular weight excluding hydrogens is 248 g/mol. The molecule has 0 aliphatic carbocycles. The molecule has 1 saturated heterocycles. The summed E-state index contributed by atoms with van der Waals surface area (Å²) in [7, 11) is 0. The Kier molecular flexibility index (Phi) is 6.25. The molecule has 20 heavy (non-hydrogen) atoms. The van der Waals surface area contributed by atoms with Crippen molar-refractivity contribution in [3.63, 3.8) is 0 Å². The average Bonchev–Trinajstić information content (AvgIpc) is 2.49. The Bertz CT molecular complexity index is 369. The lowest BCUT2D eigenvalue weighted by Gasteiger charge is -2.31. The predicted octanol–water partition coefficient (Wildman–Crippen LogP) is 2.99. The van der Waals surface area contributed by atoms with Crippen LogP contribution in [-0.2, 0) is 6.54 Å². The third-order valence-corrected chi connectivity index (χ3v) is 4.04. The highest BCUT2D eigenvalue weighted by molar-refractivity contribution is 5.30. The molecule has 0 saturated carbocycles. The molecule has 0 radical (unpaired) electrons. The summed E-state index contributed by atoms with van der Waals surface area (Å²) in [6.07, 6.45) is 10.3. The zero-order valence-electron chi connectivity index (χ0n) is 12.9. The van der Waals surface area contributed by atoms with Crippen LogP contribution in [0.15, 0.2) is 12.4 Å². The molecule has 1 fully saturated rings. The van der Waals surface area contributed by atoms with Crippen LogP contribution in [0.25, 0.3) is 0 Å². The maximum atomic E-state index is 4.53. The summed E-state index contributed by atoms with van der Waals surface area (Å²) in [6.45, 7) is 8.59. The van der Waals surface area contributed by atoms with Crippen LogP contribution in [0.4, 0.5) is 5.95 Å². The van der Waals surface area contributed by atoms with Crippen LogP contribution in [0.1, 0.15) is 51.5 Å². The first-order chi connectivity index (χ1) is 9.83. The summed E-state index contributed by atoms with van der Waals surface area (Å²) in [4.78, 5) is 11.4. The van der Waals surface area contributed by atoms with Crippen molar-refractivity contribution in [2.75, 3.05) is 24.5 Å². The van der Waals surface area contributed by atoms with Gasteiger partial charge in [0.05, 0.1) is 0 Å². The molecule has 1 aliphatic heterocycles. The van der Waals surface area contributed by atoms with Gasteiger partial charge in [-0.2, -0.15) is 0 Å². The maximum absolute atomic E-state index is 4.53. The van der Waals surface area contributed by atoms with Gasteiger partial charge in [0.2, 0.25) is 5.95 Å². The molecule has 112 valence electrons. The van der Waals surface area contributed by atoms with Crippen molar-refractivity contribution in [3.05, 3.63) is 18.0 Å². The lowest BCUT2D eigenvalue weighted by atomic mass is 9.93. The Morgan fingerprint density at radius 2 is 1.85 bits per heavy atom. The number of hydrogen-bond donors (Lipinski definition) is 1. The van der Waals surface area contributed by atoms with Crippen molar-refractivity contribution in [2.45, 2.75) is 52.5 Å². The van der Waals surface area contributed by atoms with Gasteiger partial charge in [-0.25, -0.2) is 9.97 Å². The topological polar surface area (TPSA) is 41.1 Å². The van der Waals surface area contributed by atoms with Gasteiger partial charge in [0, 0.05) is 37.6 Å². The minimum atomic E-state index is 0.868. The van der Waals surface area contributed by atoms with E-state index in [-0.39, 0.29) is 0 Å². The Balaban J connectivity index is 1.81. The highest BCUT2D eigenvalue weighted by Gasteiger charge is 2.20. The molecule has 4 nitrogen and oxygen atoms in total. The molecule has 2 rings (SSSR count). The zero-order valence-corrected chi connectivity index (χ0v) is 12.9. The van der Waals surface area contributed by atoms with Crippen LogP contribution >= 0.6 is 0 Å². The van der Waals surface area contributed by atoms with Gasteiger partial charge in [-0.1, -0.05) is 26.7 Å². The number of anilines is 1. The molecule has 0 bridgehead atoms. The SMILES string of the molecule is CCCNCc1cnc(N2CCC(CCC)CC2)nc1. The summed E-state index contributed by atoms with van der Waals surface area (Å²) in [5.41, 5.74) is 1.17. The monoisotopic (exact) mass is 276 g/mol. The fraction of sp³-hybridized carbons (Fsp3) is 0.750. The van der Waals surface area contributed by atoms with E-state index in [4.69, 9.17) is 0 Å². The van der Waals surface area contributed by atoms with E-state index in [1.54, 1.807) is 0 Å². The van der Waals surface area contributed by atoms with E-state index in [1.165, 1.54) is 31.2 Å². The summed E-state index contributed by atoms with van der Waals surface area (Å²) < 4.78 is 0. The molecule has 1 aliphatic rings. The largest absolute Gasteiger partial charge is 0.341 e. The van der Waals surface area contributed by atoms with Crippen LogP contribution in [-0.4, -0.2) is 29.6 Å². The van der Waals surface area contributed by atoms with Crippen LogP contribution in [0.2, 0.25) is 0 Å². The molecule has 0 amide bonds. The molecule has 0 aromatic carbocycles. The van der Waals surface area contributed by atoms with E-state index >= 15 is 0 Å². The van der Waals surface area contributed by atoms with Crippen molar-refractivity contribution < 1.29 is 0 Å². The predicted molar refractivity (Wildman–Crippen MR) is 83.9 cm³/mol. The second kappa shape index (κ2) is 8.20. The minimum Gasteiger partial charge on any atom is -0.341 e. The Morgan fingerprint density at radius 1 is 1.15 bits per heavy atom. The van der Waals surface area contributed by atoms with Crippen molar-refractivity contribution in [1.82, 2.24) is 15.3 Å². The van der Waals surface area contributed by atoms with Crippen LogP contribution < -0.4 is 10.2 Å². The molecule has 0 spiro atoms. The quantitative estimate of drug-likeness (QED) is 0.777. The third kappa shape index (κ3) is 4.44. The second-order valence-electron chi connectivity index (χ2n) is 5.79. The fourth-order valence-corrected chi connectivity index (χ4v) is 2.84.